The number of unbranched alkanes of at least 4 members (excludes halogenated alkanes) is 38. The summed E-state index contributed by atoms with van der Waals surface area (Å²) in [6, 6.07) is 0. The lowest BCUT2D eigenvalue weighted by molar-refractivity contribution is -0.870. The van der Waals surface area contributed by atoms with Gasteiger partial charge in [-0.3, -0.25) is 9.59 Å². The van der Waals surface area contributed by atoms with E-state index in [4.69, 9.17) is 18.9 Å². The predicted octanol–water partition coefficient (Wildman–Crippen LogP) is 24.5. The number of nitrogens with zero attached hydrogens (tertiary/aromatic N) is 1. The Hall–Kier alpha value is -4.05. The van der Waals surface area contributed by atoms with E-state index in [1.165, 1.54) is 199 Å². The minimum Gasteiger partial charge on any atom is -0.477 e. The van der Waals surface area contributed by atoms with Crippen molar-refractivity contribution in [2.75, 3.05) is 47.5 Å². The van der Waals surface area contributed by atoms with Crippen molar-refractivity contribution in [3.63, 3.8) is 0 Å². The Morgan fingerprint density at radius 1 is 0.337 bits per heavy atom. The van der Waals surface area contributed by atoms with Gasteiger partial charge in [0.25, 0.3) is 6.29 Å². The van der Waals surface area contributed by atoms with E-state index in [1.54, 1.807) is 0 Å². The number of quaternary nitrogens is 1. The van der Waals surface area contributed by atoms with Crippen molar-refractivity contribution in [3.05, 3.63) is 109 Å². The van der Waals surface area contributed by atoms with E-state index in [0.717, 1.165) is 109 Å². The Labute approximate surface area is 568 Å². The smallest absolute Gasteiger partial charge is 0.361 e. The van der Waals surface area contributed by atoms with Crippen LogP contribution < -0.4 is 0 Å². The molecule has 0 heterocycles. The van der Waals surface area contributed by atoms with Crippen LogP contribution in [0.15, 0.2) is 109 Å². The van der Waals surface area contributed by atoms with Crippen LogP contribution in [-0.2, 0) is 33.3 Å². The Kier molecular flexibility index (Phi) is 69.6. The molecule has 0 aromatic heterocycles. The molecule has 0 saturated carbocycles. The third-order valence-corrected chi connectivity index (χ3v) is 16.8. The molecule has 0 aliphatic rings. The second-order valence-corrected chi connectivity index (χ2v) is 26.9. The molecule has 1 N–H and O–H groups in total. The summed E-state index contributed by atoms with van der Waals surface area (Å²) in [6.07, 6.45) is 99.5. The fraction of sp³-hybridized carbons (Fsp3) is 0.747. The lowest BCUT2D eigenvalue weighted by Gasteiger charge is -2.25. The zero-order chi connectivity index (χ0) is 66.8. The number of allylic oxidation sites excluding steroid dienone is 18. The van der Waals surface area contributed by atoms with E-state index in [2.05, 4.69) is 123 Å². The fourth-order valence-electron chi connectivity index (χ4n) is 11.0. The van der Waals surface area contributed by atoms with Gasteiger partial charge in [-0.1, -0.05) is 354 Å². The van der Waals surface area contributed by atoms with Crippen LogP contribution in [0.4, 0.5) is 0 Å². The van der Waals surface area contributed by atoms with Gasteiger partial charge in [-0.05, 0) is 83.5 Å². The summed E-state index contributed by atoms with van der Waals surface area (Å²) >= 11 is 0. The highest BCUT2D eigenvalue weighted by Gasteiger charge is 2.25. The van der Waals surface area contributed by atoms with Gasteiger partial charge < -0.3 is 28.5 Å². The zero-order valence-corrected chi connectivity index (χ0v) is 60.7. The van der Waals surface area contributed by atoms with Gasteiger partial charge in [-0.25, -0.2) is 4.79 Å². The molecule has 9 heteroatoms. The van der Waals surface area contributed by atoms with Crippen LogP contribution >= 0.6 is 0 Å². The van der Waals surface area contributed by atoms with Crippen molar-refractivity contribution in [2.24, 2.45) is 0 Å². The maximum Gasteiger partial charge on any atom is 0.361 e. The molecular weight excluding hydrogens is 1140 g/mol. The minimum atomic E-state index is -1.52. The molecule has 0 amide bonds. The maximum absolute atomic E-state index is 13.0. The van der Waals surface area contributed by atoms with Crippen LogP contribution in [0.5, 0.6) is 0 Å². The van der Waals surface area contributed by atoms with Gasteiger partial charge in [0.1, 0.15) is 13.2 Å². The molecule has 0 saturated heterocycles. The standard InChI is InChI=1S/C83H145NO8/c1-6-8-10-12-14-16-18-20-22-24-26-28-30-32-34-36-38-40-42-43-45-47-49-51-53-55-57-59-61-63-65-67-69-71-73-80(85)90-77-79(78-91-83(82(87)88)89-76-75-84(3,4)5)92-81(86)74-72-70-68-66-64-62-60-58-56-54-52-50-48-46-44-41-39-37-35-33-31-29-27-25-23-21-19-17-15-13-11-9-7-2/h9,11,15,17,21,23,27,29,33,35,39,41,46,48,52,54,58,60,79,83H,6-8,10,12-14,16,18-20,22,24-26,28,30-32,34,36-38,40,42-45,47,49-51,53,55-57,59,61-78H2,1-5H3/p+1/b11-9-,17-15-,23-21-,29-27-,35-33-,41-39-,48-46-,54-52-,60-58-. The van der Waals surface area contributed by atoms with Gasteiger partial charge >= 0.3 is 17.9 Å². The molecule has 0 aromatic rings. The molecule has 0 aliphatic heterocycles. The van der Waals surface area contributed by atoms with E-state index in [1.807, 2.05) is 21.1 Å². The molecule has 0 spiro atoms. The Balaban J connectivity index is 4.11. The molecule has 0 fully saturated rings. The number of rotatable bonds is 71. The first-order valence-corrected chi connectivity index (χ1v) is 38.6. The molecule has 530 valence electrons. The summed E-state index contributed by atoms with van der Waals surface area (Å²) in [5, 5.41) is 9.76. The van der Waals surface area contributed by atoms with Crippen molar-refractivity contribution in [1.82, 2.24) is 0 Å². The van der Waals surface area contributed by atoms with Crippen LogP contribution in [0.2, 0.25) is 0 Å². The highest BCUT2D eigenvalue weighted by atomic mass is 16.7. The first-order chi connectivity index (χ1) is 45.1. The highest BCUT2D eigenvalue weighted by Crippen LogP contribution is 2.19. The quantitative estimate of drug-likeness (QED) is 0.0211. The molecule has 0 rings (SSSR count). The number of hydrogen-bond acceptors (Lipinski definition) is 7. The summed E-state index contributed by atoms with van der Waals surface area (Å²) in [4.78, 5) is 37.7. The summed E-state index contributed by atoms with van der Waals surface area (Å²) < 4.78 is 23.0. The molecule has 2 unspecified atom stereocenters. The van der Waals surface area contributed by atoms with E-state index in [-0.39, 0.29) is 32.2 Å². The Bertz CT molecular complexity index is 1880. The number of ether oxygens (including phenoxy) is 4. The summed E-state index contributed by atoms with van der Waals surface area (Å²) in [5.41, 5.74) is 0. The molecule has 92 heavy (non-hydrogen) atoms. The third-order valence-electron chi connectivity index (χ3n) is 16.8. The number of aliphatic carboxylic acids is 1. The topological polar surface area (TPSA) is 108 Å². The molecule has 2 atom stereocenters. The van der Waals surface area contributed by atoms with Gasteiger partial charge in [0, 0.05) is 12.8 Å². The maximum atomic E-state index is 13.0. The SMILES string of the molecule is CC/C=C\C/C=C\C/C=C\C/C=C\C/C=C\C/C=C\C/C=C\C/C=C\C/C=C\CCCCCCCC(=O)OC(COC(=O)CCCCCCCCCCCCCCCCCCCCCCCCCCCCCCCCCCCC)COC(OCC[N+](C)(C)C)C(=O)O. The first-order valence-electron chi connectivity index (χ1n) is 38.6. The Morgan fingerprint density at radius 3 is 0.924 bits per heavy atom. The summed E-state index contributed by atoms with van der Waals surface area (Å²) in [6.45, 7) is 4.78. The van der Waals surface area contributed by atoms with Crippen LogP contribution in [0.25, 0.3) is 0 Å². The molecule has 9 nitrogen and oxygen atoms in total. The Morgan fingerprint density at radius 2 is 0.620 bits per heavy atom. The molecule has 0 bridgehead atoms. The molecule has 0 aliphatic carbocycles. The number of carbonyl (C=O) groups excluding carboxylic acids is 2. The molecular formula is C83H146NO8+. The van der Waals surface area contributed by atoms with Crippen LogP contribution in [0.1, 0.15) is 341 Å². The van der Waals surface area contributed by atoms with E-state index < -0.39 is 24.3 Å². The van der Waals surface area contributed by atoms with Crippen molar-refractivity contribution >= 4 is 17.9 Å². The second-order valence-electron chi connectivity index (χ2n) is 26.9. The highest BCUT2D eigenvalue weighted by molar-refractivity contribution is 5.71. The number of hydrogen-bond donors (Lipinski definition) is 1. The van der Waals surface area contributed by atoms with Crippen molar-refractivity contribution in [2.45, 2.75) is 354 Å². The monoisotopic (exact) mass is 1290 g/mol. The van der Waals surface area contributed by atoms with Gasteiger partial charge in [0.2, 0.25) is 0 Å². The first kappa shape index (κ1) is 88.0. The van der Waals surface area contributed by atoms with Crippen LogP contribution in [0, 0.1) is 0 Å². The van der Waals surface area contributed by atoms with Crippen molar-refractivity contribution < 1.29 is 42.9 Å². The number of carboxylic acids is 1. The van der Waals surface area contributed by atoms with E-state index in [0.29, 0.717) is 23.9 Å². The number of carboxylic acid groups (broad SMARTS) is 1. The van der Waals surface area contributed by atoms with E-state index in [9.17, 15) is 19.5 Å². The third kappa shape index (κ3) is 73.4. The fourth-order valence-corrected chi connectivity index (χ4v) is 11.0. The lowest BCUT2D eigenvalue weighted by atomic mass is 10.0. The van der Waals surface area contributed by atoms with Crippen molar-refractivity contribution in [1.29, 1.82) is 0 Å². The van der Waals surface area contributed by atoms with Crippen LogP contribution in [0.3, 0.4) is 0 Å². The van der Waals surface area contributed by atoms with Gasteiger partial charge in [-0.2, -0.15) is 0 Å². The number of esters is 2. The lowest BCUT2D eigenvalue weighted by Crippen LogP contribution is -2.40. The predicted molar refractivity (Wildman–Crippen MR) is 396 cm³/mol. The summed E-state index contributed by atoms with van der Waals surface area (Å²) in [5.74, 6) is -2.02. The average Bonchev–Trinajstić information content (AvgIpc) is 3.69. The van der Waals surface area contributed by atoms with Gasteiger partial charge in [0.15, 0.2) is 6.10 Å². The van der Waals surface area contributed by atoms with E-state index >= 15 is 0 Å². The van der Waals surface area contributed by atoms with Crippen molar-refractivity contribution in [3.8, 4) is 0 Å². The number of carbonyl (C=O) groups is 3. The van der Waals surface area contributed by atoms with Gasteiger partial charge in [-0.15, -0.1) is 0 Å². The zero-order valence-electron chi connectivity index (χ0n) is 60.7. The minimum absolute atomic E-state index is 0.180. The normalized spacial score (nSPS) is 13.3. The molecule has 0 aromatic carbocycles. The molecule has 0 radical (unpaired) electrons. The summed E-state index contributed by atoms with van der Waals surface area (Å²) in [7, 11) is 5.97. The average molecular weight is 1290 g/mol. The largest absolute Gasteiger partial charge is 0.477 e. The van der Waals surface area contributed by atoms with Gasteiger partial charge in [0.05, 0.1) is 34.4 Å². The number of likely N-dealkylation sites (N-methyl/N-ethyl adjacent to an activating group) is 1. The second kappa shape index (κ2) is 72.8. The van der Waals surface area contributed by atoms with Crippen LogP contribution in [-0.4, -0.2) is 87.4 Å².